The Morgan fingerprint density at radius 2 is 1.09 bits per heavy atom. The van der Waals surface area contributed by atoms with Gasteiger partial charge in [-0.1, -0.05) is 83.9 Å². The summed E-state index contributed by atoms with van der Waals surface area (Å²) < 4.78 is 0. The fourth-order valence-electron chi connectivity index (χ4n) is 2.90. The Morgan fingerprint density at radius 1 is 0.656 bits per heavy atom. The molecule has 0 bridgehead atoms. The first-order valence-corrected chi connectivity index (χ1v) is 10.8. The first-order valence-electron chi connectivity index (χ1n) is 10.00. The number of carbonyl (C=O) groups excluding carboxylic acids is 2. The Bertz CT molecular complexity index is 1070. The van der Waals surface area contributed by atoms with E-state index < -0.39 is 0 Å². The first kappa shape index (κ1) is 23.3. The molecule has 2 amide bonds. The van der Waals surface area contributed by atoms with Crippen molar-refractivity contribution in [2.75, 3.05) is 0 Å². The van der Waals surface area contributed by atoms with Gasteiger partial charge in [0.2, 0.25) is 11.8 Å². The van der Waals surface area contributed by atoms with Crippen molar-refractivity contribution < 1.29 is 9.59 Å². The van der Waals surface area contributed by atoms with Gasteiger partial charge >= 0.3 is 0 Å². The number of benzene rings is 3. The van der Waals surface area contributed by atoms with Crippen LogP contribution in [0.3, 0.4) is 0 Å². The van der Waals surface area contributed by atoms with Crippen molar-refractivity contribution >= 4 is 47.2 Å². The molecule has 0 saturated carbocycles. The van der Waals surface area contributed by atoms with Crippen LogP contribution in [0.25, 0.3) is 12.2 Å². The highest BCUT2D eigenvalue weighted by atomic mass is 35.5. The second-order valence-corrected chi connectivity index (χ2v) is 7.78. The maximum Gasteiger partial charge on any atom is 0.244 e. The molecule has 0 aliphatic rings. The lowest BCUT2D eigenvalue weighted by molar-refractivity contribution is -0.117. The second kappa shape index (κ2) is 11.9. The Labute approximate surface area is 197 Å². The predicted octanol–water partition coefficient (Wildman–Crippen LogP) is 5.65. The van der Waals surface area contributed by atoms with Gasteiger partial charge in [-0.05, 0) is 46.5 Å². The normalized spacial score (nSPS) is 11.1. The van der Waals surface area contributed by atoms with Gasteiger partial charge in [0.05, 0.1) is 0 Å². The highest BCUT2D eigenvalue weighted by Gasteiger charge is 2.02. The lowest BCUT2D eigenvalue weighted by Crippen LogP contribution is -2.21. The molecule has 32 heavy (non-hydrogen) atoms. The van der Waals surface area contributed by atoms with Gasteiger partial charge in [0.15, 0.2) is 0 Å². The zero-order valence-electron chi connectivity index (χ0n) is 17.2. The van der Waals surface area contributed by atoms with Gasteiger partial charge in [-0.25, -0.2) is 0 Å². The van der Waals surface area contributed by atoms with Crippen molar-refractivity contribution in [3.8, 4) is 0 Å². The number of nitrogens with one attached hydrogen (secondary N) is 2. The average Bonchev–Trinajstić information content (AvgIpc) is 2.80. The van der Waals surface area contributed by atoms with Gasteiger partial charge < -0.3 is 10.6 Å². The summed E-state index contributed by atoms with van der Waals surface area (Å²) in [5, 5.41) is 6.87. The van der Waals surface area contributed by atoms with Crippen LogP contribution in [-0.4, -0.2) is 11.8 Å². The molecule has 0 atom stereocenters. The van der Waals surface area contributed by atoms with Crippen LogP contribution >= 0.6 is 23.2 Å². The standard InChI is InChI=1S/C26H22Cl2N2O2/c27-23-10-3-1-8-21(23)12-14-25(31)29-17-19-6-5-7-20(16-19)18-30-26(32)15-13-22-9-2-4-11-24(22)28/h1-16H,17-18H2,(H,29,31)(H,30,32)/b14-12+,15-13+. The Hall–Kier alpha value is -3.34. The van der Waals surface area contributed by atoms with Crippen molar-refractivity contribution in [2.45, 2.75) is 13.1 Å². The molecule has 3 rings (SSSR count). The lowest BCUT2D eigenvalue weighted by Gasteiger charge is -2.07. The van der Waals surface area contributed by atoms with Crippen LogP contribution in [0, 0.1) is 0 Å². The SMILES string of the molecule is O=C(/C=C/c1ccccc1Cl)NCc1cccc(CNC(=O)/C=C/c2ccccc2Cl)c1. The van der Waals surface area contributed by atoms with Crippen LogP contribution in [0.2, 0.25) is 10.0 Å². The molecule has 0 aliphatic heterocycles. The summed E-state index contributed by atoms with van der Waals surface area (Å²) in [6, 6.07) is 22.3. The molecule has 0 radical (unpaired) electrons. The number of hydrogen-bond acceptors (Lipinski definition) is 2. The van der Waals surface area contributed by atoms with Crippen LogP contribution in [0.15, 0.2) is 84.9 Å². The maximum absolute atomic E-state index is 12.1. The summed E-state index contributed by atoms with van der Waals surface area (Å²) in [6.45, 7) is 0.750. The monoisotopic (exact) mass is 464 g/mol. The molecule has 6 heteroatoms. The summed E-state index contributed by atoms with van der Waals surface area (Å²) in [5.74, 6) is -0.429. The molecule has 3 aromatic carbocycles. The maximum atomic E-state index is 12.1. The van der Waals surface area contributed by atoms with E-state index in [1.807, 2.05) is 60.7 Å². The Morgan fingerprint density at radius 3 is 1.53 bits per heavy atom. The average molecular weight is 465 g/mol. The number of carbonyl (C=O) groups is 2. The fourth-order valence-corrected chi connectivity index (χ4v) is 3.29. The molecule has 4 nitrogen and oxygen atoms in total. The molecule has 0 spiro atoms. The molecule has 0 fully saturated rings. The zero-order valence-corrected chi connectivity index (χ0v) is 18.7. The van der Waals surface area contributed by atoms with Crippen molar-refractivity contribution in [1.82, 2.24) is 10.6 Å². The first-order chi connectivity index (χ1) is 15.5. The van der Waals surface area contributed by atoms with Gasteiger partial charge in [-0.15, -0.1) is 0 Å². The summed E-state index contributed by atoms with van der Waals surface area (Å²) >= 11 is 12.2. The molecular weight excluding hydrogens is 443 g/mol. The Balaban J connectivity index is 1.48. The van der Waals surface area contributed by atoms with E-state index in [1.165, 1.54) is 12.2 Å². The molecule has 0 aliphatic carbocycles. The molecular formula is C26H22Cl2N2O2. The van der Waals surface area contributed by atoms with E-state index in [9.17, 15) is 9.59 Å². The van der Waals surface area contributed by atoms with Crippen LogP contribution in [0.1, 0.15) is 22.3 Å². The summed E-state index contributed by atoms with van der Waals surface area (Å²) in [7, 11) is 0. The van der Waals surface area contributed by atoms with Crippen molar-refractivity contribution in [3.05, 3.63) is 117 Å². The van der Waals surface area contributed by atoms with E-state index in [2.05, 4.69) is 10.6 Å². The fraction of sp³-hybridized carbons (Fsp3) is 0.0769. The predicted molar refractivity (Wildman–Crippen MR) is 131 cm³/mol. The number of amides is 2. The van der Waals surface area contributed by atoms with Gasteiger partial charge in [-0.2, -0.15) is 0 Å². The topological polar surface area (TPSA) is 58.2 Å². The van der Waals surface area contributed by atoms with Gasteiger partial charge in [0.1, 0.15) is 0 Å². The Kier molecular flexibility index (Phi) is 8.67. The second-order valence-electron chi connectivity index (χ2n) is 6.97. The minimum Gasteiger partial charge on any atom is -0.348 e. The van der Waals surface area contributed by atoms with Gasteiger partial charge in [-0.3, -0.25) is 9.59 Å². The molecule has 0 aromatic heterocycles. The van der Waals surface area contributed by atoms with Crippen LogP contribution < -0.4 is 10.6 Å². The van der Waals surface area contributed by atoms with E-state index in [1.54, 1.807) is 24.3 Å². The zero-order chi connectivity index (χ0) is 22.8. The van der Waals surface area contributed by atoms with Crippen LogP contribution in [-0.2, 0) is 22.7 Å². The third-order valence-electron chi connectivity index (χ3n) is 4.56. The highest BCUT2D eigenvalue weighted by Crippen LogP contribution is 2.17. The lowest BCUT2D eigenvalue weighted by atomic mass is 10.1. The smallest absolute Gasteiger partial charge is 0.244 e. The summed E-state index contributed by atoms with van der Waals surface area (Å²) in [4.78, 5) is 24.2. The summed E-state index contributed by atoms with van der Waals surface area (Å²) in [5.41, 5.74) is 3.43. The minimum absolute atomic E-state index is 0.215. The quantitative estimate of drug-likeness (QED) is 0.423. The van der Waals surface area contributed by atoms with E-state index in [0.29, 0.717) is 23.1 Å². The molecule has 162 valence electrons. The minimum atomic E-state index is -0.215. The van der Waals surface area contributed by atoms with Gasteiger partial charge in [0, 0.05) is 35.3 Å². The van der Waals surface area contributed by atoms with Crippen molar-refractivity contribution in [3.63, 3.8) is 0 Å². The third kappa shape index (κ3) is 7.41. The number of halogens is 2. The number of hydrogen-bond donors (Lipinski definition) is 2. The van der Waals surface area contributed by atoms with Crippen molar-refractivity contribution in [2.24, 2.45) is 0 Å². The third-order valence-corrected chi connectivity index (χ3v) is 5.25. The highest BCUT2D eigenvalue weighted by molar-refractivity contribution is 6.32. The van der Waals surface area contributed by atoms with E-state index in [0.717, 1.165) is 22.3 Å². The molecule has 0 saturated heterocycles. The van der Waals surface area contributed by atoms with Crippen LogP contribution in [0.5, 0.6) is 0 Å². The van der Waals surface area contributed by atoms with Gasteiger partial charge in [0.25, 0.3) is 0 Å². The van der Waals surface area contributed by atoms with E-state index in [4.69, 9.17) is 23.2 Å². The van der Waals surface area contributed by atoms with Crippen LogP contribution in [0.4, 0.5) is 0 Å². The largest absolute Gasteiger partial charge is 0.348 e. The number of rotatable bonds is 8. The van der Waals surface area contributed by atoms with E-state index in [-0.39, 0.29) is 11.8 Å². The van der Waals surface area contributed by atoms with Crippen molar-refractivity contribution in [1.29, 1.82) is 0 Å². The van der Waals surface area contributed by atoms with E-state index >= 15 is 0 Å². The molecule has 2 N–H and O–H groups in total. The molecule has 0 heterocycles. The molecule has 3 aromatic rings. The molecule has 0 unspecified atom stereocenters. The summed E-state index contributed by atoms with van der Waals surface area (Å²) in [6.07, 6.45) is 6.27.